The molecule has 0 aliphatic rings. The average molecular weight is 404 g/mol. The molecule has 0 aliphatic heterocycles. The maximum Gasteiger partial charge on any atom is 0.368 e. The predicted octanol–water partition coefficient (Wildman–Crippen LogP) is 2.82. The highest BCUT2D eigenvalue weighted by molar-refractivity contribution is 5.64. The zero-order valence-electron chi connectivity index (χ0n) is 17.5. The number of rotatable bonds is 6. The number of aromatic nitrogens is 6. The molecule has 0 fully saturated rings. The van der Waals surface area contributed by atoms with E-state index in [-0.39, 0.29) is 5.69 Å². The summed E-state index contributed by atoms with van der Waals surface area (Å²) in [5, 5.41) is 12.0. The monoisotopic (exact) mass is 404 g/mol. The molecular formula is C22H24N6O2. The highest BCUT2D eigenvalue weighted by Gasteiger charge is 2.14. The summed E-state index contributed by atoms with van der Waals surface area (Å²) >= 11 is 0. The number of aryl methyl sites for hydroxylation is 4. The molecule has 0 N–H and O–H groups in total. The number of hydrogen-bond donors (Lipinski definition) is 0. The molecule has 0 bridgehead atoms. The van der Waals surface area contributed by atoms with Gasteiger partial charge in [-0.3, -0.25) is 4.68 Å². The lowest BCUT2D eigenvalue weighted by molar-refractivity contribution is 0.302. The van der Waals surface area contributed by atoms with Crippen molar-refractivity contribution in [2.45, 2.75) is 26.9 Å². The van der Waals surface area contributed by atoms with Crippen molar-refractivity contribution in [3.63, 3.8) is 0 Å². The Balaban J connectivity index is 1.64. The largest absolute Gasteiger partial charge is 0.489 e. The summed E-state index contributed by atoms with van der Waals surface area (Å²) in [6.07, 6.45) is 4.69. The zero-order valence-corrected chi connectivity index (χ0v) is 17.5. The molecule has 30 heavy (non-hydrogen) atoms. The Bertz CT molecular complexity index is 1250. The fourth-order valence-electron chi connectivity index (χ4n) is 3.43. The summed E-state index contributed by atoms with van der Waals surface area (Å²) in [7, 11) is 3.49. The van der Waals surface area contributed by atoms with E-state index in [1.807, 2.05) is 56.7 Å². The molecule has 154 valence electrons. The van der Waals surface area contributed by atoms with Crippen LogP contribution in [0.4, 0.5) is 0 Å². The molecule has 8 heteroatoms. The van der Waals surface area contributed by atoms with Gasteiger partial charge >= 0.3 is 5.69 Å². The second-order valence-corrected chi connectivity index (χ2v) is 7.24. The number of benzene rings is 2. The summed E-state index contributed by atoms with van der Waals surface area (Å²) in [6.45, 7) is 4.42. The van der Waals surface area contributed by atoms with Crippen LogP contribution in [-0.2, 0) is 27.1 Å². The van der Waals surface area contributed by atoms with Crippen molar-refractivity contribution in [3.8, 4) is 22.6 Å². The van der Waals surface area contributed by atoms with Crippen LogP contribution in [-0.4, -0.2) is 29.6 Å². The minimum absolute atomic E-state index is 0.295. The first-order chi connectivity index (χ1) is 14.5. The van der Waals surface area contributed by atoms with Crippen LogP contribution >= 0.6 is 0 Å². The first-order valence-corrected chi connectivity index (χ1v) is 9.80. The van der Waals surface area contributed by atoms with Crippen LogP contribution in [0.3, 0.4) is 0 Å². The van der Waals surface area contributed by atoms with Gasteiger partial charge in [0.15, 0.2) is 0 Å². The third-order valence-electron chi connectivity index (χ3n) is 5.19. The topological polar surface area (TPSA) is 79.8 Å². The summed E-state index contributed by atoms with van der Waals surface area (Å²) in [6, 6.07) is 11.9. The van der Waals surface area contributed by atoms with Crippen molar-refractivity contribution in [1.82, 2.24) is 29.6 Å². The van der Waals surface area contributed by atoms with E-state index < -0.39 is 0 Å². The molecule has 2 aromatic heterocycles. The van der Waals surface area contributed by atoms with E-state index in [0.29, 0.717) is 12.3 Å². The first-order valence-electron chi connectivity index (χ1n) is 9.80. The summed E-state index contributed by atoms with van der Waals surface area (Å²) in [4.78, 5) is 12.3. The molecule has 0 saturated heterocycles. The van der Waals surface area contributed by atoms with E-state index in [4.69, 9.17) is 4.74 Å². The minimum Gasteiger partial charge on any atom is -0.489 e. The van der Waals surface area contributed by atoms with E-state index in [1.165, 1.54) is 9.36 Å². The highest BCUT2D eigenvalue weighted by Crippen LogP contribution is 2.28. The van der Waals surface area contributed by atoms with Crippen molar-refractivity contribution in [3.05, 3.63) is 76.0 Å². The van der Waals surface area contributed by atoms with Gasteiger partial charge in [-0.25, -0.2) is 4.79 Å². The molecular weight excluding hydrogens is 380 g/mol. The molecule has 0 atom stereocenters. The van der Waals surface area contributed by atoms with Gasteiger partial charge in [-0.15, -0.1) is 0 Å². The standard InChI is InChI=1S/C22H24N6O2/c1-5-16-11-17(18-12-23-26(3)13-18)9-10-21(16)30-14-19-15(2)7-6-8-20(19)28-22(29)27(4)24-25-28/h6-13H,5,14H2,1-4H3. The summed E-state index contributed by atoms with van der Waals surface area (Å²) < 4.78 is 10.5. The Kier molecular flexibility index (Phi) is 5.22. The number of ether oxygens (including phenoxy) is 1. The van der Waals surface area contributed by atoms with Gasteiger partial charge in [-0.1, -0.05) is 25.1 Å². The highest BCUT2D eigenvalue weighted by atomic mass is 16.5. The molecule has 2 aromatic carbocycles. The minimum atomic E-state index is -0.295. The molecule has 0 saturated carbocycles. The molecule has 4 rings (SSSR count). The van der Waals surface area contributed by atoms with E-state index in [2.05, 4.69) is 28.5 Å². The molecule has 0 aliphatic carbocycles. The predicted molar refractivity (Wildman–Crippen MR) is 114 cm³/mol. The zero-order chi connectivity index (χ0) is 21.3. The van der Waals surface area contributed by atoms with Gasteiger partial charge in [0.1, 0.15) is 12.4 Å². The summed E-state index contributed by atoms with van der Waals surface area (Å²) in [5.74, 6) is 0.825. The fourth-order valence-corrected chi connectivity index (χ4v) is 3.43. The van der Waals surface area contributed by atoms with Gasteiger partial charge in [-0.05, 0) is 58.7 Å². The maximum atomic E-state index is 12.3. The van der Waals surface area contributed by atoms with Crippen LogP contribution in [0.25, 0.3) is 16.8 Å². The fraction of sp³-hybridized carbons (Fsp3) is 0.273. The van der Waals surface area contributed by atoms with Crippen molar-refractivity contribution in [2.24, 2.45) is 14.1 Å². The lowest BCUT2D eigenvalue weighted by atomic mass is 10.0. The third kappa shape index (κ3) is 3.63. The van der Waals surface area contributed by atoms with Crippen LogP contribution in [0, 0.1) is 6.92 Å². The van der Waals surface area contributed by atoms with E-state index in [9.17, 15) is 4.79 Å². The molecule has 8 nitrogen and oxygen atoms in total. The second kappa shape index (κ2) is 7.98. The summed E-state index contributed by atoms with van der Waals surface area (Å²) in [5.41, 5.74) is 5.60. The van der Waals surface area contributed by atoms with Crippen molar-refractivity contribution in [2.75, 3.05) is 0 Å². The van der Waals surface area contributed by atoms with Gasteiger partial charge < -0.3 is 4.74 Å². The molecule has 2 heterocycles. The molecule has 4 aromatic rings. The van der Waals surface area contributed by atoms with Crippen molar-refractivity contribution >= 4 is 0 Å². The van der Waals surface area contributed by atoms with Gasteiger partial charge in [0, 0.05) is 31.4 Å². The second-order valence-electron chi connectivity index (χ2n) is 7.24. The van der Waals surface area contributed by atoms with Crippen LogP contribution in [0.5, 0.6) is 5.75 Å². The Hall–Kier alpha value is -3.68. The van der Waals surface area contributed by atoms with Gasteiger partial charge in [-0.2, -0.15) is 14.5 Å². The average Bonchev–Trinajstić information content (AvgIpc) is 3.32. The number of hydrogen-bond acceptors (Lipinski definition) is 5. The Morgan fingerprint density at radius 1 is 1.07 bits per heavy atom. The Morgan fingerprint density at radius 2 is 1.90 bits per heavy atom. The third-order valence-corrected chi connectivity index (χ3v) is 5.19. The van der Waals surface area contributed by atoms with Gasteiger partial charge in [0.05, 0.1) is 11.9 Å². The van der Waals surface area contributed by atoms with Crippen LogP contribution in [0.15, 0.2) is 53.6 Å². The maximum absolute atomic E-state index is 12.3. The van der Waals surface area contributed by atoms with Crippen molar-refractivity contribution < 1.29 is 4.74 Å². The number of nitrogens with zero attached hydrogens (tertiary/aromatic N) is 6. The SMILES string of the molecule is CCc1cc(-c2cnn(C)c2)ccc1OCc1c(C)cccc1-n1nnn(C)c1=O. The smallest absolute Gasteiger partial charge is 0.368 e. The number of tetrazole rings is 1. The van der Waals surface area contributed by atoms with E-state index in [1.54, 1.807) is 11.7 Å². The molecule has 0 unspecified atom stereocenters. The first kappa shape index (κ1) is 19.6. The lowest BCUT2D eigenvalue weighted by Crippen LogP contribution is -2.23. The normalized spacial score (nSPS) is 11.1. The van der Waals surface area contributed by atoms with Crippen LogP contribution in [0.2, 0.25) is 0 Å². The van der Waals surface area contributed by atoms with Crippen LogP contribution < -0.4 is 10.4 Å². The Morgan fingerprint density at radius 3 is 2.57 bits per heavy atom. The lowest BCUT2D eigenvalue weighted by Gasteiger charge is -2.15. The quantitative estimate of drug-likeness (QED) is 0.494. The van der Waals surface area contributed by atoms with Gasteiger partial charge in [0.2, 0.25) is 0 Å². The van der Waals surface area contributed by atoms with Crippen LogP contribution in [0.1, 0.15) is 23.6 Å². The molecule has 0 radical (unpaired) electrons. The molecule has 0 spiro atoms. The Labute approximate surface area is 174 Å². The molecule has 0 amide bonds. The van der Waals surface area contributed by atoms with Crippen molar-refractivity contribution in [1.29, 1.82) is 0 Å². The van der Waals surface area contributed by atoms with Gasteiger partial charge in [0.25, 0.3) is 0 Å². The van der Waals surface area contributed by atoms with E-state index in [0.717, 1.165) is 40.0 Å². The van der Waals surface area contributed by atoms with E-state index >= 15 is 0 Å².